The third-order valence-electron chi connectivity index (χ3n) is 6.23. The number of hydrogen-bond acceptors (Lipinski definition) is 6. The van der Waals surface area contributed by atoms with Crippen molar-refractivity contribution in [2.75, 3.05) is 49.6 Å². The van der Waals surface area contributed by atoms with Crippen LogP contribution in [0.3, 0.4) is 0 Å². The van der Waals surface area contributed by atoms with Crippen LogP contribution in [0.5, 0.6) is 0 Å². The number of likely N-dealkylation sites (tertiary alicyclic amines) is 1. The Bertz CT molecular complexity index is 881. The molecule has 1 aromatic carbocycles. The minimum absolute atomic E-state index is 0.00312. The molecule has 4 rings (SSSR count). The van der Waals surface area contributed by atoms with Gasteiger partial charge in [-0.2, -0.15) is 0 Å². The van der Waals surface area contributed by atoms with Crippen LogP contribution in [0.1, 0.15) is 19.8 Å². The minimum Gasteiger partial charge on any atom is -0.453 e. The summed E-state index contributed by atoms with van der Waals surface area (Å²) in [7, 11) is 1.38. The van der Waals surface area contributed by atoms with Gasteiger partial charge in [0, 0.05) is 26.6 Å². The van der Waals surface area contributed by atoms with E-state index in [4.69, 9.17) is 9.47 Å². The molecule has 3 saturated heterocycles. The van der Waals surface area contributed by atoms with E-state index in [-0.39, 0.29) is 37.0 Å². The van der Waals surface area contributed by atoms with Crippen molar-refractivity contribution in [3.05, 3.63) is 24.0 Å². The van der Waals surface area contributed by atoms with Crippen molar-refractivity contribution in [2.45, 2.75) is 31.9 Å². The first-order chi connectivity index (χ1) is 14.9. The van der Waals surface area contributed by atoms with Gasteiger partial charge >= 0.3 is 12.2 Å². The highest BCUT2D eigenvalue weighted by atomic mass is 19.1. The van der Waals surface area contributed by atoms with Gasteiger partial charge in [-0.1, -0.05) is 0 Å². The number of fused-ring (bicyclic) bond motifs is 1. The summed E-state index contributed by atoms with van der Waals surface area (Å²) in [6.07, 6.45) is 0.508. The molecule has 3 amide bonds. The maximum Gasteiger partial charge on any atom is 0.414 e. The van der Waals surface area contributed by atoms with Gasteiger partial charge in [0.1, 0.15) is 11.9 Å². The lowest BCUT2D eigenvalue weighted by Gasteiger charge is -2.35. The highest BCUT2D eigenvalue weighted by Crippen LogP contribution is 2.36. The first kappa shape index (κ1) is 21.2. The lowest BCUT2D eigenvalue weighted by atomic mass is 9.92. The maximum absolute atomic E-state index is 15.1. The first-order valence-electron chi connectivity index (χ1n) is 10.5. The van der Waals surface area contributed by atoms with E-state index in [9.17, 15) is 14.4 Å². The van der Waals surface area contributed by atoms with Gasteiger partial charge in [-0.05, 0) is 37.0 Å². The van der Waals surface area contributed by atoms with E-state index in [0.29, 0.717) is 31.0 Å². The lowest BCUT2D eigenvalue weighted by molar-refractivity contribution is -0.119. The van der Waals surface area contributed by atoms with E-state index < -0.39 is 18.0 Å². The van der Waals surface area contributed by atoms with Gasteiger partial charge in [-0.25, -0.2) is 14.0 Å². The third kappa shape index (κ3) is 4.24. The maximum atomic E-state index is 15.1. The second-order valence-corrected chi connectivity index (χ2v) is 8.23. The minimum atomic E-state index is -0.566. The predicted molar refractivity (Wildman–Crippen MR) is 111 cm³/mol. The molecule has 0 aromatic heterocycles. The first-order valence-corrected chi connectivity index (χ1v) is 10.5. The summed E-state index contributed by atoms with van der Waals surface area (Å²) in [4.78, 5) is 40.4. The summed E-state index contributed by atoms with van der Waals surface area (Å²) in [5, 5.41) is 2.62. The molecule has 10 heteroatoms. The number of piperidine rings is 1. The van der Waals surface area contributed by atoms with Crippen LogP contribution < -0.4 is 15.1 Å². The van der Waals surface area contributed by atoms with Gasteiger partial charge in [-0.15, -0.1) is 0 Å². The molecule has 0 radical (unpaired) electrons. The number of cyclic esters (lactones) is 1. The normalized spacial score (nSPS) is 25.3. The number of carbonyl (C=O) groups excluding carboxylic acids is 3. The van der Waals surface area contributed by atoms with Crippen LogP contribution in [0.25, 0.3) is 0 Å². The molecule has 0 unspecified atom stereocenters. The number of nitrogens with one attached hydrogen (secondary N) is 1. The SMILES string of the molecule is COC(=O)N1CCC[C@H]2CN(c3ccc(N4C[C@H](CNC(C)=O)OC4=O)cc3F)C[C@H]21. The summed E-state index contributed by atoms with van der Waals surface area (Å²) in [5.74, 6) is -0.365. The fourth-order valence-electron chi connectivity index (χ4n) is 4.74. The average Bonchev–Trinajstić information content (AvgIpc) is 3.34. The molecule has 0 spiro atoms. The number of anilines is 2. The number of nitrogens with zero attached hydrogens (tertiary/aromatic N) is 3. The highest BCUT2D eigenvalue weighted by Gasteiger charge is 2.42. The van der Waals surface area contributed by atoms with E-state index in [1.54, 1.807) is 17.0 Å². The monoisotopic (exact) mass is 434 g/mol. The molecule has 3 heterocycles. The van der Waals surface area contributed by atoms with Crippen LogP contribution in [-0.4, -0.2) is 75.0 Å². The molecule has 1 N–H and O–H groups in total. The molecule has 0 bridgehead atoms. The number of methoxy groups -OCH3 is 1. The molecule has 31 heavy (non-hydrogen) atoms. The highest BCUT2D eigenvalue weighted by molar-refractivity contribution is 5.90. The molecule has 3 aliphatic rings. The van der Waals surface area contributed by atoms with E-state index >= 15 is 4.39 Å². The molecule has 0 saturated carbocycles. The Morgan fingerprint density at radius 2 is 2.10 bits per heavy atom. The molecule has 0 aliphatic carbocycles. The van der Waals surface area contributed by atoms with Gasteiger partial charge in [-0.3, -0.25) is 9.69 Å². The van der Waals surface area contributed by atoms with E-state index in [1.807, 2.05) is 4.90 Å². The van der Waals surface area contributed by atoms with Crippen molar-refractivity contribution in [1.29, 1.82) is 0 Å². The quantitative estimate of drug-likeness (QED) is 0.779. The number of benzene rings is 1. The van der Waals surface area contributed by atoms with Gasteiger partial charge in [0.15, 0.2) is 0 Å². The summed E-state index contributed by atoms with van der Waals surface area (Å²) in [6.45, 7) is 3.70. The number of rotatable bonds is 4. The van der Waals surface area contributed by atoms with E-state index in [2.05, 4.69) is 5.32 Å². The molecule has 168 valence electrons. The Hall–Kier alpha value is -3.04. The molecular weight excluding hydrogens is 407 g/mol. The van der Waals surface area contributed by atoms with Crippen LogP contribution in [0, 0.1) is 11.7 Å². The number of amides is 3. The van der Waals surface area contributed by atoms with Crippen molar-refractivity contribution in [3.63, 3.8) is 0 Å². The smallest absolute Gasteiger partial charge is 0.414 e. The van der Waals surface area contributed by atoms with Crippen LogP contribution in [0.2, 0.25) is 0 Å². The van der Waals surface area contributed by atoms with Crippen LogP contribution >= 0.6 is 0 Å². The molecule has 1 aromatic rings. The third-order valence-corrected chi connectivity index (χ3v) is 6.23. The molecule has 3 atom stereocenters. The fourth-order valence-corrected chi connectivity index (χ4v) is 4.74. The van der Waals surface area contributed by atoms with Crippen molar-refractivity contribution < 1.29 is 28.2 Å². The Balaban J connectivity index is 1.45. The second kappa shape index (κ2) is 8.60. The Morgan fingerprint density at radius 3 is 2.81 bits per heavy atom. The standard InChI is InChI=1S/C21H27FN4O5/c1-13(27)23-9-16-11-26(21(29)31-16)15-5-6-18(17(22)8-15)24-10-14-4-3-7-25(19(14)12-24)20(28)30-2/h5-6,8,14,16,19H,3-4,7,9-12H2,1-2H3,(H,23,27)/t14-,16-,19+/m0/s1. The zero-order valence-corrected chi connectivity index (χ0v) is 17.7. The molecule has 9 nitrogen and oxygen atoms in total. The van der Waals surface area contributed by atoms with Crippen molar-refractivity contribution in [1.82, 2.24) is 10.2 Å². The second-order valence-electron chi connectivity index (χ2n) is 8.23. The number of hydrogen-bond donors (Lipinski definition) is 1. The van der Waals surface area contributed by atoms with Gasteiger partial charge in [0.05, 0.1) is 37.6 Å². The largest absolute Gasteiger partial charge is 0.453 e. The van der Waals surface area contributed by atoms with Crippen molar-refractivity contribution in [3.8, 4) is 0 Å². The summed E-state index contributed by atoms with van der Waals surface area (Å²) >= 11 is 0. The van der Waals surface area contributed by atoms with Gasteiger partial charge in [0.2, 0.25) is 5.91 Å². The van der Waals surface area contributed by atoms with E-state index in [1.165, 1.54) is 25.0 Å². The van der Waals surface area contributed by atoms with Gasteiger partial charge in [0.25, 0.3) is 0 Å². The number of halogens is 1. The van der Waals surface area contributed by atoms with Crippen LogP contribution in [0.4, 0.5) is 25.4 Å². The van der Waals surface area contributed by atoms with Crippen LogP contribution in [-0.2, 0) is 14.3 Å². The predicted octanol–water partition coefficient (Wildman–Crippen LogP) is 1.95. The van der Waals surface area contributed by atoms with Crippen molar-refractivity contribution in [2.24, 2.45) is 5.92 Å². The zero-order chi connectivity index (χ0) is 22.1. The molecular formula is C21H27FN4O5. The zero-order valence-electron chi connectivity index (χ0n) is 17.7. The number of carbonyl (C=O) groups is 3. The Kier molecular flexibility index (Phi) is 5.88. The summed E-state index contributed by atoms with van der Waals surface area (Å²) < 4.78 is 25.2. The number of ether oxygens (including phenoxy) is 2. The fraction of sp³-hybridized carbons (Fsp3) is 0.571. The average molecular weight is 434 g/mol. The van der Waals surface area contributed by atoms with Gasteiger partial charge < -0.3 is 24.6 Å². The lowest BCUT2D eigenvalue weighted by Crippen LogP contribution is -2.48. The Morgan fingerprint density at radius 1 is 1.29 bits per heavy atom. The summed E-state index contributed by atoms with van der Waals surface area (Å²) in [5.41, 5.74) is 0.856. The topological polar surface area (TPSA) is 91.4 Å². The summed E-state index contributed by atoms with van der Waals surface area (Å²) in [6, 6.07) is 4.69. The van der Waals surface area contributed by atoms with E-state index in [0.717, 1.165) is 12.8 Å². The Labute approximate surface area is 180 Å². The van der Waals surface area contributed by atoms with Crippen LogP contribution in [0.15, 0.2) is 18.2 Å². The molecule has 3 aliphatic heterocycles. The molecule has 3 fully saturated rings. The van der Waals surface area contributed by atoms with Crippen molar-refractivity contribution >= 4 is 29.5 Å².